The van der Waals surface area contributed by atoms with Crippen LogP contribution in [0.25, 0.3) is 0 Å². The molecule has 4 fully saturated rings. The molecular formula is C32H41F3N7O2+. The Morgan fingerprint density at radius 2 is 1.84 bits per heavy atom. The second-order valence-corrected chi connectivity index (χ2v) is 13.4. The average molecular weight is 613 g/mol. The van der Waals surface area contributed by atoms with Gasteiger partial charge in [0, 0.05) is 67.9 Å². The molecule has 0 aromatic carbocycles. The molecule has 2 saturated heterocycles. The number of pyridine rings is 1. The molecule has 5 aliphatic rings. The third-order valence-corrected chi connectivity index (χ3v) is 10.5. The molecule has 2 aliphatic carbocycles. The number of likely N-dealkylation sites (tertiary alicyclic amines) is 1. The van der Waals surface area contributed by atoms with Crippen molar-refractivity contribution in [3.05, 3.63) is 47.3 Å². The Morgan fingerprint density at radius 3 is 2.57 bits per heavy atom. The minimum atomic E-state index is -4.45. The maximum Gasteiger partial charge on any atom is 0.416 e. The molecule has 236 valence electrons. The summed E-state index contributed by atoms with van der Waals surface area (Å²) in [6.45, 7) is 4.35. The topological polar surface area (TPSA) is 80.7 Å². The molecule has 5 heterocycles. The summed E-state index contributed by atoms with van der Waals surface area (Å²) in [4.78, 5) is 6.59. The smallest absolute Gasteiger partial charge is 0.416 e. The van der Waals surface area contributed by atoms with Crippen molar-refractivity contribution in [3.63, 3.8) is 0 Å². The van der Waals surface area contributed by atoms with E-state index in [1.165, 1.54) is 50.8 Å². The van der Waals surface area contributed by atoms with Crippen LogP contribution in [0, 0.1) is 17.3 Å². The summed E-state index contributed by atoms with van der Waals surface area (Å²) in [7, 11) is 1.89. The van der Waals surface area contributed by atoms with Crippen LogP contribution in [-0.4, -0.2) is 74.1 Å². The molecule has 0 amide bonds. The lowest BCUT2D eigenvalue weighted by Gasteiger charge is -2.52. The van der Waals surface area contributed by atoms with Gasteiger partial charge in [-0.25, -0.2) is 4.98 Å². The highest BCUT2D eigenvalue weighted by Gasteiger charge is 2.48. The summed E-state index contributed by atoms with van der Waals surface area (Å²) in [5.41, 5.74) is 0.980. The van der Waals surface area contributed by atoms with Crippen LogP contribution in [0.4, 0.5) is 13.2 Å². The van der Waals surface area contributed by atoms with E-state index in [-0.39, 0.29) is 18.4 Å². The number of allylic oxidation sites excluding steroid dienone is 1. The highest BCUT2D eigenvalue weighted by atomic mass is 19.4. The van der Waals surface area contributed by atoms with E-state index >= 15 is 0 Å². The average Bonchev–Trinajstić information content (AvgIpc) is 3.76. The molecule has 3 aliphatic heterocycles. The van der Waals surface area contributed by atoms with Gasteiger partial charge >= 0.3 is 6.18 Å². The molecule has 1 spiro atoms. The van der Waals surface area contributed by atoms with E-state index in [1.54, 1.807) is 0 Å². The molecule has 0 radical (unpaired) electrons. The minimum absolute atomic E-state index is 0.00112. The van der Waals surface area contributed by atoms with Gasteiger partial charge in [-0.1, -0.05) is 4.68 Å². The van der Waals surface area contributed by atoms with Crippen molar-refractivity contribution in [1.82, 2.24) is 24.6 Å². The maximum atomic E-state index is 13.0. The van der Waals surface area contributed by atoms with Crippen molar-refractivity contribution >= 4 is 12.4 Å². The fraction of sp³-hybridized carbons (Fsp3) is 0.656. The van der Waals surface area contributed by atoms with Gasteiger partial charge in [-0.15, -0.1) is 10.2 Å². The van der Waals surface area contributed by atoms with Crippen LogP contribution in [0.3, 0.4) is 0 Å². The van der Waals surface area contributed by atoms with E-state index < -0.39 is 11.7 Å². The number of aromatic nitrogens is 4. The normalized spacial score (nSPS) is 29.7. The lowest BCUT2D eigenvalue weighted by Crippen LogP contribution is -2.60. The van der Waals surface area contributed by atoms with Gasteiger partial charge in [0.2, 0.25) is 12.1 Å². The standard InChI is InChI=1S/C32H41F3N7O2/c1-40-28(18-44-29-14-26(10-12-36-29)32(33,34)35)38-39-30(40)24-6-4-23(5-7-24)25-15-37-42(17-25)16-22-2-8-27(9-3-22)41-19-31(20-41)11-13-43-21-31/h10,12,14-17,22-24,27H,2-9,11,13,18-21H2,1H3/q+1/b42-16+. The number of hydrogen-bond acceptors (Lipinski definition) is 7. The van der Waals surface area contributed by atoms with Gasteiger partial charge in [-0.2, -0.15) is 13.2 Å². The molecular weight excluding hydrogens is 571 g/mol. The van der Waals surface area contributed by atoms with Gasteiger partial charge < -0.3 is 14.0 Å². The van der Waals surface area contributed by atoms with Crippen LogP contribution < -0.4 is 4.74 Å². The first-order valence-electron chi connectivity index (χ1n) is 16.0. The monoisotopic (exact) mass is 612 g/mol. The predicted molar refractivity (Wildman–Crippen MR) is 157 cm³/mol. The second kappa shape index (κ2) is 12.0. The molecule has 0 unspecified atom stereocenters. The molecule has 0 bridgehead atoms. The van der Waals surface area contributed by atoms with Gasteiger partial charge in [0.1, 0.15) is 18.6 Å². The number of alkyl halides is 3. The minimum Gasteiger partial charge on any atom is -0.469 e. The summed E-state index contributed by atoms with van der Waals surface area (Å²) in [5.74, 6) is 2.70. The van der Waals surface area contributed by atoms with Crippen molar-refractivity contribution in [2.45, 2.75) is 82.5 Å². The molecule has 2 aromatic rings. The first-order valence-corrected chi connectivity index (χ1v) is 16.0. The summed E-state index contributed by atoms with van der Waals surface area (Å²) >= 11 is 0. The summed E-state index contributed by atoms with van der Waals surface area (Å²) in [6, 6.07) is 2.56. The second-order valence-electron chi connectivity index (χ2n) is 13.4. The molecule has 9 nitrogen and oxygen atoms in total. The molecule has 7 rings (SSSR count). The van der Waals surface area contributed by atoms with Crippen LogP contribution in [-0.2, 0) is 24.6 Å². The van der Waals surface area contributed by atoms with E-state index in [0.29, 0.717) is 23.1 Å². The molecule has 0 atom stereocenters. The van der Waals surface area contributed by atoms with Gasteiger partial charge in [0.25, 0.3) is 0 Å². The lowest BCUT2D eigenvalue weighted by molar-refractivity contribution is -0.455. The highest BCUT2D eigenvalue weighted by Crippen LogP contribution is 2.42. The number of halogens is 3. The van der Waals surface area contributed by atoms with Gasteiger partial charge in [-0.3, -0.25) is 4.90 Å². The maximum absolute atomic E-state index is 13.0. The van der Waals surface area contributed by atoms with Gasteiger partial charge in [0.05, 0.1) is 12.2 Å². The van der Waals surface area contributed by atoms with Crippen molar-refractivity contribution < 1.29 is 27.3 Å². The third kappa shape index (κ3) is 6.20. The fourth-order valence-electron chi connectivity index (χ4n) is 7.79. The number of hydrazone groups is 1. The Hall–Kier alpha value is -3.12. The number of ether oxygens (including phenoxy) is 2. The Kier molecular flexibility index (Phi) is 8.07. The van der Waals surface area contributed by atoms with Crippen LogP contribution in [0.1, 0.15) is 80.9 Å². The molecule has 12 heteroatoms. The van der Waals surface area contributed by atoms with Crippen molar-refractivity contribution in [2.75, 3.05) is 26.3 Å². The lowest BCUT2D eigenvalue weighted by atomic mass is 9.76. The number of rotatable bonds is 7. The Morgan fingerprint density at radius 1 is 1.07 bits per heavy atom. The number of hydrogen-bond donors (Lipinski definition) is 0. The van der Waals surface area contributed by atoms with Crippen LogP contribution in [0.15, 0.2) is 35.2 Å². The van der Waals surface area contributed by atoms with Crippen molar-refractivity contribution in [1.29, 1.82) is 0 Å². The van der Waals surface area contributed by atoms with Crippen LogP contribution in [0.2, 0.25) is 0 Å². The quantitative estimate of drug-likeness (QED) is 0.394. The summed E-state index contributed by atoms with van der Waals surface area (Å²) in [6.07, 6.45) is 13.6. The predicted octanol–water partition coefficient (Wildman–Crippen LogP) is 5.33. The van der Waals surface area contributed by atoms with Crippen molar-refractivity contribution in [3.8, 4) is 5.88 Å². The van der Waals surface area contributed by atoms with Crippen LogP contribution in [0.5, 0.6) is 5.88 Å². The van der Waals surface area contributed by atoms with E-state index in [2.05, 4.69) is 37.2 Å². The highest BCUT2D eigenvalue weighted by molar-refractivity contribution is 5.80. The van der Waals surface area contributed by atoms with Crippen molar-refractivity contribution in [2.24, 2.45) is 29.4 Å². The summed E-state index contributed by atoms with van der Waals surface area (Å²) in [5, 5.41) is 13.4. The van der Waals surface area contributed by atoms with E-state index in [1.807, 2.05) is 17.8 Å². The zero-order valence-corrected chi connectivity index (χ0v) is 25.3. The first-order chi connectivity index (χ1) is 21.2. The third-order valence-electron chi connectivity index (χ3n) is 10.5. The fourth-order valence-corrected chi connectivity index (χ4v) is 7.79. The van der Waals surface area contributed by atoms with E-state index in [9.17, 15) is 13.2 Å². The molecule has 2 aromatic heterocycles. The number of nitrogens with zero attached hydrogens (tertiary/aromatic N) is 7. The Balaban J connectivity index is 0.876. The first kappa shape index (κ1) is 29.6. The van der Waals surface area contributed by atoms with Crippen LogP contribution >= 0.6 is 0 Å². The zero-order chi connectivity index (χ0) is 30.3. The molecule has 0 N–H and O–H groups in total. The Labute approximate surface area is 255 Å². The van der Waals surface area contributed by atoms with Gasteiger partial charge in [0.15, 0.2) is 12.0 Å². The Bertz CT molecular complexity index is 1420. The van der Waals surface area contributed by atoms with Gasteiger partial charge in [-0.05, 0) is 74.9 Å². The SMILES string of the molecule is Cn1c(COc2cc(C(F)(F)F)ccn2)nnc1C1CCC(C2=C/[N+](=C\C3CCC(N4CC5(CCOC5)C4)CC3)N=C2)CC1. The zero-order valence-electron chi connectivity index (χ0n) is 25.3. The van der Waals surface area contributed by atoms with E-state index in [4.69, 9.17) is 14.6 Å². The molecule has 44 heavy (non-hydrogen) atoms. The van der Waals surface area contributed by atoms with E-state index in [0.717, 1.165) is 69.1 Å². The summed E-state index contributed by atoms with van der Waals surface area (Å²) < 4.78 is 54.1. The largest absolute Gasteiger partial charge is 0.469 e. The molecule has 2 saturated carbocycles.